The fraction of sp³-hybridized carbons (Fsp3) is 0. The Morgan fingerprint density at radius 1 is 1.16 bits per heavy atom. The summed E-state index contributed by atoms with van der Waals surface area (Å²) in [7, 11) is 0. The van der Waals surface area contributed by atoms with Crippen molar-refractivity contribution in [1.29, 1.82) is 0 Å². The van der Waals surface area contributed by atoms with E-state index in [0.717, 1.165) is 0 Å². The molecule has 0 aliphatic rings. The monoisotopic (exact) mass is 417 g/mol. The third-order valence-corrected chi connectivity index (χ3v) is 4.25. The molecule has 0 unspecified atom stereocenters. The maximum Gasteiger partial charge on any atom is 0.277 e. The Balaban J connectivity index is 1.59. The number of nitrogens with two attached hydrogens (primary N) is 2. The van der Waals surface area contributed by atoms with Crippen molar-refractivity contribution in [1.82, 2.24) is 19.7 Å². The number of anilines is 2. The number of rotatable bonds is 6. The average molecular weight is 417 g/mol. The van der Waals surface area contributed by atoms with E-state index in [2.05, 4.69) is 20.4 Å². The third kappa shape index (κ3) is 4.00. The molecule has 0 bridgehead atoms. The van der Waals surface area contributed by atoms with Crippen LogP contribution in [-0.2, 0) is 0 Å². The average Bonchev–Trinajstić information content (AvgIpc) is 3.42. The van der Waals surface area contributed by atoms with Crippen LogP contribution in [0.3, 0.4) is 0 Å². The van der Waals surface area contributed by atoms with Crippen molar-refractivity contribution >= 4 is 29.6 Å². The Morgan fingerprint density at radius 3 is 2.61 bits per heavy atom. The highest BCUT2D eigenvalue weighted by molar-refractivity contribution is 6.07. The maximum atomic E-state index is 12.6. The molecule has 3 aromatic heterocycles. The summed E-state index contributed by atoms with van der Waals surface area (Å²) in [6.45, 7) is 0. The van der Waals surface area contributed by atoms with E-state index in [-0.39, 0.29) is 28.8 Å². The molecule has 11 heteroatoms. The van der Waals surface area contributed by atoms with Gasteiger partial charge in [0, 0.05) is 17.3 Å². The van der Waals surface area contributed by atoms with Crippen molar-refractivity contribution in [2.45, 2.75) is 0 Å². The van der Waals surface area contributed by atoms with Gasteiger partial charge in [0.2, 0.25) is 5.89 Å². The lowest BCUT2D eigenvalue weighted by Crippen LogP contribution is -2.18. The number of nitrogen functional groups attached to an aromatic ring is 1. The smallest absolute Gasteiger partial charge is 0.277 e. The summed E-state index contributed by atoms with van der Waals surface area (Å²) in [6, 6.07) is 9.65. The summed E-state index contributed by atoms with van der Waals surface area (Å²) < 4.78 is 6.70. The number of oxazole rings is 1. The summed E-state index contributed by atoms with van der Waals surface area (Å²) in [6.07, 6.45) is 4.80. The van der Waals surface area contributed by atoms with Crippen LogP contribution >= 0.6 is 0 Å². The quantitative estimate of drug-likeness (QED) is 0.397. The van der Waals surface area contributed by atoms with E-state index >= 15 is 0 Å². The SMILES string of the molecule is NC(=O)c1nn(-c2ccc(C=O)cc2)cc1NC(=O)c1coc(-c2ccnc(N)c2)n1. The molecule has 11 nitrogen and oxygen atoms in total. The van der Waals surface area contributed by atoms with E-state index in [9.17, 15) is 14.4 Å². The van der Waals surface area contributed by atoms with Gasteiger partial charge in [-0.2, -0.15) is 5.10 Å². The van der Waals surface area contributed by atoms with Crippen LogP contribution in [0.4, 0.5) is 11.5 Å². The number of aromatic nitrogens is 4. The third-order valence-electron chi connectivity index (χ3n) is 4.25. The number of nitrogens with one attached hydrogen (secondary N) is 1. The van der Waals surface area contributed by atoms with E-state index in [0.29, 0.717) is 23.1 Å². The topological polar surface area (TPSA) is 172 Å². The Labute approximate surface area is 174 Å². The highest BCUT2D eigenvalue weighted by atomic mass is 16.3. The summed E-state index contributed by atoms with van der Waals surface area (Å²) in [5.74, 6) is -0.997. The molecule has 0 radical (unpaired) electrons. The van der Waals surface area contributed by atoms with E-state index < -0.39 is 11.8 Å². The summed E-state index contributed by atoms with van der Waals surface area (Å²) in [5.41, 5.74) is 12.6. The predicted molar refractivity (Wildman–Crippen MR) is 110 cm³/mol. The number of hydrogen-bond donors (Lipinski definition) is 3. The maximum absolute atomic E-state index is 12.6. The predicted octanol–water partition coefficient (Wildman–Crippen LogP) is 1.67. The van der Waals surface area contributed by atoms with Crippen LogP contribution in [0, 0.1) is 0 Å². The molecule has 4 aromatic rings. The number of benzene rings is 1. The second-order valence-electron chi connectivity index (χ2n) is 6.37. The van der Waals surface area contributed by atoms with Crippen molar-refractivity contribution in [3.63, 3.8) is 0 Å². The second kappa shape index (κ2) is 7.91. The van der Waals surface area contributed by atoms with Gasteiger partial charge < -0.3 is 21.2 Å². The zero-order valence-corrected chi connectivity index (χ0v) is 15.9. The van der Waals surface area contributed by atoms with Crippen LogP contribution in [0.15, 0.2) is 59.5 Å². The fourth-order valence-corrected chi connectivity index (χ4v) is 2.76. The van der Waals surface area contributed by atoms with Crippen molar-refractivity contribution in [3.05, 3.63) is 72.0 Å². The molecule has 31 heavy (non-hydrogen) atoms. The van der Waals surface area contributed by atoms with Gasteiger partial charge in [0.25, 0.3) is 11.8 Å². The van der Waals surface area contributed by atoms with Gasteiger partial charge in [-0.1, -0.05) is 0 Å². The minimum absolute atomic E-state index is 0.0242. The number of hydrogen-bond acceptors (Lipinski definition) is 8. The van der Waals surface area contributed by atoms with Crippen LogP contribution < -0.4 is 16.8 Å². The minimum atomic E-state index is -0.827. The first-order valence-electron chi connectivity index (χ1n) is 8.88. The first-order valence-corrected chi connectivity index (χ1v) is 8.88. The molecule has 0 saturated carbocycles. The standard InChI is InChI=1S/C20H15N7O4/c21-16-7-12(5-6-23-16)20-25-15(10-31-20)19(30)24-14-8-27(26-17(14)18(22)29)13-3-1-11(9-28)2-4-13/h1-10H,(H2,21,23)(H2,22,29)(H,24,30). The van der Waals surface area contributed by atoms with Gasteiger partial charge in [-0.3, -0.25) is 14.4 Å². The summed E-state index contributed by atoms with van der Waals surface area (Å²) >= 11 is 0. The molecule has 3 heterocycles. The molecule has 0 fully saturated rings. The van der Waals surface area contributed by atoms with Crippen LogP contribution in [0.1, 0.15) is 31.3 Å². The normalized spacial score (nSPS) is 10.6. The Kier molecular flexibility index (Phi) is 4.98. The molecule has 4 rings (SSSR count). The lowest BCUT2D eigenvalue weighted by molar-refractivity contribution is 0.0995. The number of nitrogens with zero attached hydrogens (tertiary/aromatic N) is 4. The zero-order valence-electron chi connectivity index (χ0n) is 15.9. The first-order chi connectivity index (χ1) is 14.9. The van der Waals surface area contributed by atoms with Crippen molar-refractivity contribution < 1.29 is 18.8 Å². The Morgan fingerprint density at radius 2 is 1.94 bits per heavy atom. The van der Waals surface area contributed by atoms with E-state index in [1.165, 1.54) is 23.3 Å². The van der Waals surface area contributed by atoms with Gasteiger partial charge in [0.1, 0.15) is 18.4 Å². The van der Waals surface area contributed by atoms with Gasteiger partial charge in [-0.25, -0.2) is 14.6 Å². The molecular weight excluding hydrogens is 402 g/mol. The van der Waals surface area contributed by atoms with E-state index in [1.807, 2.05) is 0 Å². The molecule has 0 saturated heterocycles. The van der Waals surface area contributed by atoms with Crippen molar-refractivity contribution in [2.75, 3.05) is 11.1 Å². The molecule has 154 valence electrons. The second-order valence-corrected chi connectivity index (χ2v) is 6.37. The first kappa shape index (κ1) is 19.5. The van der Waals surface area contributed by atoms with Crippen LogP contribution in [0.25, 0.3) is 17.1 Å². The summed E-state index contributed by atoms with van der Waals surface area (Å²) in [4.78, 5) is 43.3. The number of carbonyl (C=O) groups excluding carboxylic acids is 3. The lowest BCUT2D eigenvalue weighted by atomic mass is 10.2. The van der Waals surface area contributed by atoms with Gasteiger partial charge >= 0.3 is 0 Å². The lowest BCUT2D eigenvalue weighted by Gasteiger charge is -2.01. The molecule has 0 spiro atoms. The molecule has 0 aliphatic heterocycles. The van der Waals surface area contributed by atoms with Gasteiger partial charge in [-0.05, 0) is 36.4 Å². The largest absolute Gasteiger partial charge is 0.444 e. The Hall–Kier alpha value is -4.80. The molecule has 1 aromatic carbocycles. The fourth-order valence-electron chi connectivity index (χ4n) is 2.76. The number of aldehydes is 1. The minimum Gasteiger partial charge on any atom is -0.444 e. The van der Waals surface area contributed by atoms with Crippen molar-refractivity contribution in [2.24, 2.45) is 5.73 Å². The van der Waals surface area contributed by atoms with Crippen molar-refractivity contribution in [3.8, 4) is 17.1 Å². The number of amides is 2. The number of primary amides is 1. The van der Waals surface area contributed by atoms with Crippen LogP contribution in [0.2, 0.25) is 0 Å². The zero-order chi connectivity index (χ0) is 22.0. The number of pyridine rings is 1. The van der Waals surface area contributed by atoms with Crippen LogP contribution in [0.5, 0.6) is 0 Å². The highest BCUT2D eigenvalue weighted by Gasteiger charge is 2.20. The van der Waals surface area contributed by atoms with Crippen LogP contribution in [-0.4, -0.2) is 37.8 Å². The highest BCUT2D eigenvalue weighted by Crippen LogP contribution is 2.22. The molecule has 0 aliphatic carbocycles. The Bertz CT molecular complexity index is 1290. The summed E-state index contributed by atoms with van der Waals surface area (Å²) in [5, 5.41) is 6.68. The molecule has 0 atom stereocenters. The molecular formula is C20H15N7O4. The molecule has 5 N–H and O–H groups in total. The van der Waals surface area contributed by atoms with Gasteiger partial charge in [-0.15, -0.1) is 0 Å². The number of carbonyl (C=O) groups is 3. The van der Waals surface area contributed by atoms with E-state index in [4.69, 9.17) is 15.9 Å². The molecule has 2 amide bonds. The van der Waals surface area contributed by atoms with E-state index in [1.54, 1.807) is 36.4 Å². The van der Waals surface area contributed by atoms with Gasteiger partial charge in [0.05, 0.1) is 17.6 Å². The van der Waals surface area contributed by atoms with Gasteiger partial charge in [0.15, 0.2) is 11.4 Å².